The third-order valence-corrected chi connectivity index (χ3v) is 4.24. The largest absolute Gasteiger partial charge is 0.489 e. The van der Waals surface area contributed by atoms with Gasteiger partial charge in [0.1, 0.15) is 12.4 Å². The Labute approximate surface area is 128 Å². The van der Waals surface area contributed by atoms with E-state index in [4.69, 9.17) is 4.74 Å². The van der Waals surface area contributed by atoms with Crippen LogP contribution in [-0.2, 0) is 13.0 Å². The van der Waals surface area contributed by atoms with Crippen molar-refractivity contribution >= 4 is 16.7 Å². The molecule has 0 spiro atoms. The molecule has 1 aliphatic carbocycles. The first-order chi connectivity index (χ1) is 10.8. The van der Waals surface area contributed by atoms with Crippen LogP contribution in [0.2, 0.25) is 0 Å². The second-order valence-corrected chi connectivity index (χ2v) is 5.74. The predicted molar refractivity (Wildman–Crippen MR) is 86.3 cm³/mol. The molecule has 1 heterocycles. The van der Waals surface area contributed by atoms with E-state index in [1.165, 1.54) is 0 Å². The van der Waals surface area contributed by atoms with Crippen LogP contribution in [0, 0.1) is 0 Å². The molecule has 0 saturated heterocycles. The summed E-state index contributed by atoms with van der Waals surface area (Å²) in [6, 6.07) is 16.1. The summed E-state index contributed by atoms with van der Waals surface area (Å²) in [5.41, 5.74) is 4.11. The van der Waals surface area contributed by atoms with Crippen molar-refractivity contribution in [2.24, 2.45) is 0 Å². The molecule has 0 aliphatic heterocycles. The maximum atomic E-state index is 12.0. The Kier molecular flexibility index (Phi) is 3.19. The van der Waals surface area contributed by atoms with E-state index < -0.39 is 0 Å². The van der Waals surface area contributed by atoms with Gasteiger partial charge in [-0.15, -0.1) is 0 Å². The van der Waals surface area contributed by atoms with Crippen molar-refractivity contribution in [3.63, 3.8) is 0 Å². The molecule has 0 amide bonds. The van der Waals surface area contributed by atoms with Crippen LogP contribution in [0.25, 0.3) is 10.9 Å². The fourth-order valence-corrected chi connectivity index (χ4v) is 3.11. The number of carbonyl (C=O) groups is 1. The molecule has 0 atom stereocenters. The highest BCUT2D eigenvalue weighted by atomic mass is 16.5. The Morgan fingerprint density at radius 3 is 2.77 bits per heavy atom. The summed E-state index contributed by atoms with van der Waals surface area (Å²) in [4.78, 5) is 15.3. The summed E-state index contributed by atoms with van der Waals surface area (Å²) in [7, 11) is 0. The highest BCUT2D eigenvalue weighted by molar-refractivity contribution is 6.03. The van der Waals surface area contributed by atoms with Gasteiger partial charge in [0.05, 0.1) is 5.69 Å². The van der Waals surface area contributed by atoms with Crippen molar-refractivity contribution in [2.45, 2.75) is 25.9 Å². The molecule has 1 aromatic heterocycles. The number of nitrogens with one attached hydrogen (secondary N) is 1. The minimum atomic E-state index is 0.226. The van der Waals surface area contributed by atoms with Crippen molar-refractivity contribution in [1.82, 2.24) is 4.98 Å². The van der Waals surface area contributed by atoms with E-state index in [0.717, 1.165) is 46.3 Å². The number of aromatic amines is 1. The van der Waals surface area contributed by atoms with Gasteiger partial charge in [-0.05, 0) is 42.2 Å². The first-order valence-corrected chi connectivity index (χ1v) is 7.66. The topological polar surface area (TPSA) is 42.1 Å². The van der Waals surface area contributed by atoms with E-state index in [9.17, 15) is 4.79 Å². The maximum absolute atomic E-state index is 12.0. The van der Waals surface area contributed by atoms with Crippen molar-refractivity contribution in [2.75, 3.05) is 0 Å². The second kappa shape index (κ2) is 5.34. The first-order valence-electron chi connectivity index (χ1n) is 7.66. The third-order valence-electron chi connectivity index (χ3n) is 4.24. The number of ether oxygens (including phenoxy) is 1. The lowest BCUT2D eigenvalue weighted by atomic mass is 9.95. The van der Waals surface area contributed by atoms with Gasteiger partial charge in [-0.25, -0.2) is 0 Å². The molecule has 0 radical (unpaired) electrons. The highest BCUT2D eigenvalue weighted by Crippen LogP contribution is 2.31. The van der Waals surface area contributed by atoms with E-state index in [0.29, 0.717) is 13.0 Å². The zero-order chi connectivity index (χ0) is 14.9. The average molecular weight is 291 g/mol. The molecule has 0 bridgehead atoms. The van der Waals surface area contributed by atoms with Crippen LogP contribution in [0.15, 0.2) is 48.5 Å². The molecule has 0 saturated carbocycles. The highest BCUT2D eigenvalue weighted by Gasteiger charge is 2.21. The number of fused-ring (bicyclic) bond motifs is 3. The van der Waals surface area contributed by atoms with Gasteiger partial charge < -0.3 is 9.72 Å². The maximum Gasteiger partial charge on any atom is 0.179 e. The van der Waals surface area contributed by atoms with Crippen molar-refractivity contribution in [3.05, 3.63) is 65.4 Å². The number of hydrogen-bond donors (Lipinski definition) is 1. The van der Waals surface area contributed by atoms with Crippen LogP contribution in [0.5, 0.6) is 5.75 Å². The Bertz CT molecular complexity index is 833. The number of Topliss-reactive ketones (excluding diaryl/α,β-unsaturated/α-hetero) is 1. The van der Waals surface area contributed by atoms with Gasteiger partial charge in [-0.3, -0.25) is 4.79 Å². The fraction of sp³-hybridized carbons (Fsp3) is 0.211. The number of aryl methyl sites for hydroxylation is 1. The standard InChI is InChI=1S/C19H17NO2/c21-18-8-4-7-15-16-11-14(9-10-17(16)20-19(15)18)22-12-13-5-2-1-3-6-13/h1-3,5-6,9-11,20H,4,7-8,12H2. The minimum absolute atomic E-state index is 0.226. The van der Waals surface area contributed by atoms with Crippen LogP contribution in [-0.4, -0.2) is 10.8 Å². The van der Waals surface area contributed by atoms with Gasteiger partial charge in [0.15, 0.2) is 5.78 Å². The number of ketones is 1. The normalized spacial score (nSPS) is 14.1. The SMILES string of the molecule is O=C1CCCc2c1[nH]c1ccc(OCc3ccccc3)cc21. The van der Waals surface area contributed by atoms with Crippen LogP contribution in [0.3, 0.4) is 0 Å². The van der Waals surface area contributed by atoms with E-state index in [-0.39, 0.29) is 5.78 Å². The van der Waals surface area contributed by atoms with E-state index >= 15 is 0 Å². The molecule has 3 aromatic rings. The smallest absolute Gasteiger partial charge is 0.179 e. The van der Waals surface area contributed by atoms with Gasteiger partial charge >= 0.3 is 0 Å². The Balaban J connectivity index is 1.64. The van der Waals surface area contributed by atoms with E-state index in [1.807, 2.05) is 36.4 Å². The molecule has 22 heavy (non-hydrogen) atoms. The summed E-state index contributed by atoms with van der Waals surface area (Å²) >= 11 is 0. The lowest BCUT2D eigenvalue weighted by Gasteiger charge is -2.10. The van der Waals surface area contributed by atoms with E-state index in [1.54, 1.807) is 0 Å². The van der Waals surface area contributed by atoms with Crippen LogP contribution >= 0.6 is 0 Å². The lowest BCUT2D eigenvalue weighted by molar-refractivity contribution is 0.0968. The van der Waals surface area contributed by atoms with Crippen LogP contribution in [0.1, 0.15) is 34.5 Å². The lowest BCUT2D eigenvalue weighted by Crippen LogP contribution is -2.09. The van der Waals surface area contributed by atoms with Gasteiger partial charge in [0.25, 0.3) is 0 Å². The molecule has 110 valence electrons. The molecule has 4 rings (SSSR count). The van der Waals surface area contributed by atoms with Gasteiger partial charge in [0.2, 0.25) is 0 Å². The van der Waals surface area contributed by atoms with Gasteiger partial charge in [0, 0.05) is 17.3 Å². The van der Waals surface area contributed by atoms with E-state index in [2.05, 4.69) is 17.1 Å². The molecule has 3 heteroatoms. The molecular formula is C19H17NO2. The summed E-state index contributed by atoms with van der Waals surface area (Å²) in [6.07, 6.45) is 2.55. The summed E-state index contributed by atoms with van der Waals surface area (Å²) in [5.74, 6) is 1.07. The molecule has 3 nitrogen and oxygen atoms in total. The van der Waals surface area contributed by atoms with Crippen LogP contribution in [0.4, 0.5) is 0 Å². The second-order valence-electron chi connectivity index (χ2n) is 5.74. The average Bonchev–Trinajstić information content (AvgIpc) is 2.94. The quantitative estimate of drug-likeness (QED) is 0.783. The first kappa shape index (κ1) is 13.1. The minimum Gasteiger partial charge on any atom is -0.489 e. The molecule has 1 N–H and O–H groups in total. The van der Waals surface area contributed by atoms with Gasteiger partial charge in [-0.1, -0.05) is 30.3 Å². The number of benzene rings is 2. The zero-order valence-corrected chi connectivity index (χ0v) is 12.3. The monoisotopic (exact) mass is 291 g/mol. The fourth-order valence-electron chi connectivity index (χ4n) is 3.11. The zero-order valence-electron chi connectivity index (χ0n) is 12.3. The van der Waals surface area contributed by atoms with Crippen molar-refractivity contribution < 1.29 is 9.53 Å². The number of carbonyl (C=O) groups excluding carboxylic acids is 1. The molecule has 0 unspecified atom stereocenters. The Morgan fingerprint density at radius 1 is 1.05 bits per heavy atom. The predicted octanol–water partition coefficient (Wildman–Crippen LogP) is 4.27. The molecular weight excluding hydrogens is 274 g/mol. The number of aromatic nitrogens is 1. The number of rotatable bonds is 3. The van der Waals surface area contributed by atoms with Crippen LogP contribution < -0.4 is 4.74 Å². The number of H-pyrrole nitrogens is 1. The molecule has 0 fully saturated rings. The third kappa shape index (κ3) is 2.29. The van der Waals surface area contributed by atoms with Crippen molar-refractivity contribution in [3.8, 4) is 5.75 Å². The Morgan fingerprint density at radius 2 is 1.91 bits per heavy atom. The molecule has 1 aliphatic rings. The Hall–Kier alpha value is -2.55. The van der Waals surface area contributed by atoms with Crippen molar-refractivity contribution in [1.29, 1.82) is 0 Å². The summed E-state index contributed by atoms with van der Waals surface area (Å²) < 4.78 is 5.89. The number of hydrogen-bond acceptors (Lipinski definition) is 2. The van der Waals surface area contributed by atoms with Gasteiger partial charge in [-0.2, -0.15) is 0 Å². The summed E-state index contributed by atoms with van der Waals surface area (Å²) in [6.45, 7) is 0.553. The molecule has 2 aromatic carbocycles. The summed E-state index contributed by atoms with van der Waals surface area (Å²) in [5, 5.41) is 1.12.